The first kappa shape index (κ1) is 16.7. The van der Waals surface area contributed by atoms with Crippen molar-refractivity contribution in [2.24, 2.45) is 0 Å². The van der Waals surface area contributed by atoms with Crippen LogP contribution in [0.4, 0.5) is 15.3 Å². The van der Waals surface area contributed by atoms with Crippen molar-refractivity contribution in [2.75, 3.05) is 28.2 Å². The number of amides is 2. The molecule has 10 heteroatoms. The van der Waals surface area contributed by atoms with Gasteiger partial charge in [-0.25, -0.2) is 14.3 Å². The molecule has 2 rings (SSSR count). The number of carbonyl (C=O) groups is 2. The Kier molecular flexibility index (Phi) is 4.55. The fourth-order valence-electron chi connectivity index (χ4n) is 1.78. The highest BCUT2D eigenvalue weighted by Gasteiger charge is 2.23. The zero-order valence-electron chi connectivity index (χ0n) is 13.0. The SMILES string of the molecule is CN(C)C(=O)Sc1nc2cc([N+](=O)[O-])ccc2n1C(=O)N(C)C. The van der Waals surface area contributed by atoms with Crippen molar-refractivity contribution in [1.82, 2.24) is 19.4 Å². The molecular formula is C13H15N5O4S. The summed E-state index contributed by atoms with van der Waals surface area (Å²) in [6.45, 7) is 0. The van der Waals surface area contributed by atoms with Gasteiger partial charge >= 0.3 is 6.03 Å². The summed E-state index contributed by atoms with van der Waals surface area (Å²) in [5, 5.41) is 10.7. The van der Waals surface area contributed by atoms with Crippen molar-refractivity contribution in [2.45, 2.75) is 5.16 Å². The molecule has 0 aliphatic rings. The molecule has 0 saturated heterocycles. The lowest BCUT2D eigenvalue weighted by Gasteiger charge is -2.14. The van der Waals surface area contributed by atoms with Crippen molar-refractivity contribution in [3.8, 4) is 0 Å². The lowest BCUT2D eigenvalue weighted by Crippen LogP contribution is -2.28. The Morgan fingerprint density at radius 2 is 1.87 bits per heavy atom. The molecular weight excluding hydrogens is 322 g/mol. The molecule has 9 nitrogen and oxygen atoms in total. The average molecular weight is 337 g/mol. The van der Waals surface area contributed by atoms with Crippen LogP contribution in [-0.2, 0) is 0 Å². The van der Waals surface area contributed by atoms with E-state index in [4.69, 9.17) is 0 Å². The Bertz CT molecular complexity index is 799. The maximum Gasteiger partial charge on any atom is 0.330 e. The van der Waals surface area contributed by atoms with E-state index in [9.17, 15) is 19.7 Å². The normalized spacial score (nSPS) is 10.6. The van der Waals surface area contributed by atoms with Crippen LogP contribution in [0.1, 0.15) is 0 Å². The molecule has 0 saturated carbocycles. The molecule has 0 spiro atoms. The molecule has 1 heterocycles. The summed E-state index contributed by atoms with van der Waals surface area (Å²) in [6, 6.07) is 3.63. The maximum absolute atomic E-state index is 12.4. The van der Waals surface area contributed by atoms with Crippen LogP contribution in [0.25, 0.3) is 11.0 Å². The van der Waals surface area contributed by atoms with Crippen LogP contribution in [0.3, 0.4) is 0 Å². The van der Waals surface area contributed by atoms with Gasteiger partial charge in [-0.1, -0.05) is 0 Å². The third-order valence-electron chi connectivity index (χ3n) is 2.94. The minimum Gasteiger partial charge on any atom is -0.339 e. The molecule has 0 fully saturated rings. The standard InChI is InChI=1S/C13H15N5O4S/c1-15(2)12(19)17-10-6-5-8(18(21)22)7-9(10)14-11(17)23-13(20)16(3)4/h5-7H,1-4H3. The van der Waals surface area contributed by atoms with E-state index in [2.05, 4.69) is 4.98 Å². The van der Waals surface area contributed by atoms with Crippen LogP contribution in [0.2, 0.25) is 0 Å². The molecule has 2 amide bonds. The average Bonchev–Trinajstić information content (AvgIpc) is 2.82. The number of aromatic nitrogens is 2. The van der Waals surface area contributed by atoms with Gasteiger partial charge < -0.3 is 9.80 Å². The van der Waals surface area contributed by atoms with Gasteiger partial charge in [-0.2, -0.15) is 0 Å². The monoisotopic (exact) mass is 337 g/mol. The van der Waals surface area contributed by atoms with Crippen molar-refractivity contribution in [3.05, 3.63) is 28.3 Å². The van der Waals surface area contributed by atoms with Crippen LogP contribution < -0.4 is 0 Å². The lowest BCUT2D eigenvalue weighted by molar-refractivity contribution is -0.384. The summed E-state index contributed by atoms with van der Waals surface area (Å²) in [7, 11) is 6.31. The number of non-ortho nitro benzene ring substituents is 1. The minimum atomic E-state index is -0.538. The molecule has 1 aromatic heterocycles. The van der Waals surface area contributed by atoms with Gasteiger partial charge in [0.1, 0.15) is 0 Å². The summed E-state index contributed by atoms with van der Waals surface area (Å²) in [6.07, 6.45) is 0. The van der Waals surface area contributed by atoms with E-state index in [0.717, 1.165) is 11.8 Å². The van der Waals surface area contributed by atoms with Gasteiger partial charge in [0.25, 0.3) is 10.9 Å². The molecule has 2 aromatic rings. The minimum absolute atomic E-state index is 0.130. The molecule has 0 unspecified atom stereocenters. The summed E-state index contributed by atoms with van der Waals surface area (Å²) >= 11 is 0.786. The highest BCUT2D eigenvalue weighted by molar-refractivity contribution is 8.13. The molecule has 0 aliphatic heterocycles. The topological polar surface area (TPSA) is 102 Å². The lowest BCUT2D eigenvalue weighted by atomic mass is 10.3. The fraction of sp³-hybridized carbons (Fsp3) is 0.308. The third kappa shape index (κ3) is 3.26. The van der Waals surface area contributed by atoms with Gasteiger partial charge in [0, 0.05) is 52.1 Å². The highest BCUT2D eigenvalue weighted by atomic mass is 32.2. The van der Waals surface area contributed by atoms with Gasteiger partial charge in [-0.05, 0) is 6.07 Å². The molecule has 0 bridgehead atoms. The Labute approximate surface area is 136 Å². The first-order chi connectivity index (χ1) is 10.7. The second-order valence-electron chi connectivity index (χ2n) is 5.10. The highest BCUT2D eigenvalue weighted by Crippen LogP contribution is 2.28. The first-order valence-electron chi connectivity index (χ1n) is 6.50. The molecule has 23 heavy (non-hydrogen) atoms. The van der Waals surface area contributed by atoms with Crippen LogP contribution in [-0.4, -0.2) is 63.7 Å². The van der Waals surface area contributed by atoms with Gasteiger partial charge in [0.2, 0.25) is 0 Å². The predicted molar refractivity (Wildman–Crippen MR) is 85.8 cm³/mol. The Morgan fingerprint density at radius 1 is 1.22 bits per heavy atom. The Morgan fingerprint density at radius 3 is 2.39 bits per heavy atom. The number of thioether (sulfide) groups is 1. The predicted octanol–water partition coefficient (Wildman–Crippen LogP) is 2.25. The van der Waals surface area contributed by atoms with Crippen molar-refractivity contribution in [3.63, 3.8) is 0 Å². The quantitative estimate of drug-likeness (QED) is 0.473. The fourth-order valence-corrected chi connectivity index (χ4v) is 2.53. The van der Waals surface area contributed by atoms with Gasteiger partial charge in [0.15, 0.2) is 5.16 Å². The third-order valence-corrected chi connectivity index (χ3v) is 3.93. The molecule has 0 N–H and O–H groups in total. The zero-order chi connectivity index (χ0) is 17.3. The number of fused-ring (bicyclic) bond motifs is 1. The number of hydrogen-bond donors (Lipinski definition) is 0. The summed E-state index contributed by atoms with van der Waals surface area (Å²) in [4.78, 5) is 41.5. The molecule has 1 aromatic carbocycles. The number of nitro groups is 1. The van der Waals surface area contributed by atoms with Crippen LogP contribution in [0, 0.1) is 10.1 Å². The molecule has 0 aliphatic carbocycles. The van der Waals surface area contributed by atoms with Gasteiger partial charge in [-0.3, -0.25) is 14.9 Å². The largest absolute Gasteiger partial charge is 0.339 e. The van der Waals surface area contributed by atoms with Gasteiger partial charge in [-0.15, -0.1) is 0 Å². The van der Waals surface area contributed by atoms with Crippen LogP contribution in [0.15, 0.2) is 23.4 Å². The summed E-state index contributed by atoms with van der Waals surface area (Å²) in [5.74, 6) is 0. The van der Waals surface area contributed by atoms with Crippen molar-refractivity contribution in [1.29, 1.82) is 0 Å². The number of rotatable bonds is 2. The van der Waals surface area contributed by atoms with E-state index in [1.54, 1.807) is 28.2 Å². The first-order valence-corrected chi connectivity index (χ1v) is 7.31. The number of benzene rings is 1. The maximum atomic E-state index is 12.4. The summed E-state index contributed by atoms with van der Waals surface area (Å²) in [5.41, 5.74) is 0.557. The molecule has 0 atom stereocenters. The number of nitrogens with zero attached hydrogens (tertiary/aromatic N) is 5. The molecule has 0 radical (unpaired) electrons. The van der Waals surface area contributed by atoms with E-state index in [1.807, 2.05) is 0 Å². The van der Waals surface area contributed by atoms with E-state index in [-0.39, 0.29) is 21.6 Å². The smallest absolute Gasteiger partial charge is 0.330 e. The Hall–Kier alpha value is -2.62. The van der Waals surface area contributed by atoms with Crippen LogP contribution >= 0.6 is 11.8 Å². The van der Waals surface area contributed by atoms with E-state index in [0.29, 0.717) is 5.52 Å². The second kappa shape index (κ2) is 6.24. The Balaban J connectivity index is 2.63. The van der Waals surface area contributed by atoms with Crippen molar-refractivity contribution < 1.29 is 14.5 Å². The zero-order valence-corrected chi connectivity index (χ0v) is 13.8. The second-order valence-corrected chi connectivity index (χ2v) is 6.02. The van der Waals surface area contributed by atoms with Crippen molar-refractivity contribution >= 4 is 39.8 Å². The van der Waals surface area contributed by atoms with Crippen LogP contribution in [0.5, 0.6) is 0 Å². The summed E-state index contributed by atoms with van der Waals surface area (Å²) < 4.78 is 1.27. The number of imidazole rings is 1. The number of nitro benzene ring substituents is 1. The number of hydrogen-bond acceptors (Lipinski definition) is 6. The van der Waals surface area contributed by atoms with Gasteiger partial charge in [0.05, 0.1) is 16.0 Å². The van der Waals surface area contributed by atoms with E-state index in [1.165, 1.54) is 32.6 Å². The molecule has 122 valence electrons. The van der Waals surface area contributed by atoms with E-state index < -0.39 is 11.0 Å². The van der Waals surface area contributed by atoms with E-state index >= 15 is 0 Å². The number of carbonyl (C=O) groups excluding carboxylic acids is 2.